The molecule has 2 N–H and O–H groups in total. The summed E-state index contributed by atoms with van der Waals surface area (Å²) in [5.74, 6) is 0.532. The average molecular weight is 445 g/mol. The van der Waals surface area contributed by atoms with Crippen LogP contribution < -0.4 is 10.6 Å². The molecular formula is C17H25FIN5. The van der Waals surface area contributed by atoms with Gasteiger partial charge in [-0.1, -0.05) is 12.1 Å². The highest BCUT2D eigenvalue weighted by Gasteiger charge is 2.02. The summed E-state index contributed by atoms with van der Waals surface area (Å²) < 4.78 is 15.4. The summed E-state index contributed by atoms with van der Waals surface area (Å²) in [4.78, 5) is 4.17. The van der Waals surface area contributed by atoms with Crippen LogP contribution in [-0.4, -0.2) is 29.3 Å². The van der Waals surface area contributed by atoms with Gasteiger partial charge < -0.3 is 10.6 Å². The number of hydrogen-bond acceptors (Lipinski definition) is 2. The molecule has 0 bridgehead atoms. The predicted molar refractivity (Wildman–Crippen MR) is 106 cm³/mol. The van der Waals surface area contributed by atoms with Gasteiger partial charge in [-0.25, -0.2) is 4.39 Å². The molecule has 0 amide bonds. The Morgan fingerprint density at radius 1 is 1.29 bits per heavy atom. The van der Waals surface area contributed by atoms with Crippen LogP contribution in [0.3, 0.4) is 0 Å². The van der Waals surface area contributed by atoms with Crippen molar-refractivity contribution in [1.82, 2.24) is 20.4 Å². The van der Waals surface area contributed by atoms with E-state index in [0.29, 0.717) is 18.1 Å². The van der Waals surface area contributed by atoms with Crippen LogP contribution >= 0.6 is 24.0 Å². The summed E-state index contributed by atoms with van der Waals surface area (Å²) in [6, 6.07) is 5.25. The minimum Gasteiger partial charge on any atom is -0.356 e. The molecule has 24 heavy (non-hydrogen) atoms. The van der Waals surface area contributed by atoms with Crippen molar-refractivity contribution in [3.8, 4) is 0 Å². The van der Waals surface area contributed by atoms with Crippen LogP contribution in [0.25, 0.3) is 0 Å². The van der Waals surface area contributed by atoms with Gasteiger partial charge in [-0.15, -0.1) is 24.0 Å². The number of rotatable bonds is 6. The third-order valence-electron chi connectivity index (χ3n) is 3.54. The Balaban J connectivity index is 0.00000288. The molecule has 0 spiro atoms. The van der Waals surface area contributed by atoms with Gasteiger partial charge in [0, 0.05) is 32.9 Å². The van der Waals surface area contributed by atoms with Crippen LogP contribution in [0.2, 0.25) is 0 Å². The maximum atomic E-state index is 13.5. The molecule has 0 saturated carbocycles. The second kappa shape index (κ2) is 10.3. The highest BCUT2D eigenvalue weighted by atomic mass is 127. The smallest absolute Gasteiger partial charge is 0.191 e. The largest absolute Gasteiger partial charge is 0.356 e. The van der Waals surface area contributed by atoms with Gasteiger partial charge in [0.1, 0.15) is 5.82 Å². The molecule has 0 unspecified atom stereocenters. The van der Waals surface area contributed by atoms with E-state index in [1.807, 2.05) is 30.1 Å². The standard InChI is InChI=1S/C17H24FN5.HI/c1-13-10-22-23(12-13)8-4-7-20-17(19-3)21-11-15-6-5-14(2)16(18)9-15;/h5-6,9-10,12H,4,7-8,11H2,1-3H3,(H2,19,20,21);1H. The Bertz CT molecular complexity index is 669. The van der Waals surface area contributed by atoms with Crippen LogP contribution in [0, 0.1) is 19.7 Å². The third-order valence-corrected chi connectivity index (χ3v) is 3.54. The molecule has 1 aromatic carbocycles. The molecule has 1 aromatic heterocycles. The summed E-state index contributed by atoms with van der Waals surface area (Å²) in [7, 11) is 1.72. The lowest BCUT2D eigenvalue weighted by molar-refractivity contribution is 0.570. The molecule has 0 atom stereocenters. The molecule has 7 heteroatoms. The van der Waals surface area contributed by atoms with Crippen molar-refractivity contribution in [3.05, 3.63) is 53.1 Å². The molecule has 0 radical (unpaired) electrons. The maximum Gasteiger partial charge on any atom is 0.191 e. The lowest BCUT2D eigenvalue weighted by Crippen LogP contribution is -2.37. The van der Waals surface area contributed by atoms with Gasteiger partial charge in [-0.2, -0.15) is 5.10 Å². The first-order chi connectivity index (χ1) is 11.1. The van der Waals surface area contributed by atoms with Crippen molar-refractivity contribution in [1.29, 1.82) is 0 Å². The second-order valence-corrected chi connectivity index (χ2v) is 5.57. The Kier molecular flexibility index (Phi) is 8.73. The quantitative estimate of drug-likeness (QED) is 0.311. The van der Waals surface area contributed by atoms with Crippen molar-refractivity contribution < 1.29 is 4.39 Å². The fraction of sp³-hybridized carbons (Fsp3) is 0.412. The molecule has 0 saturated heterocycles. The fourth-order valence-electron chi connectivity index (χ4n) is 2.19. The number of aromatic nitrogens is 2. The van der Waals surface area contributed by atoms with Crippen molar-refractivity contribution in [2.75, 3.05) is 13.6 Å². The first-order valence-electron chi connectivity index (χ1n) is 7.77. The zero-order valence-corrected chi connectivity index (χ0v) is 16.7. The van der Waals surface area contributed by atoms with Gasteiger partial charge in [0.15, 0.2) is 5.96 Å². The van der Waals surface area contributed by atoms with Crippen molar-refractivity contribution in [2.45, 2.75) is 33.4 Å². The van der Waals surface area contributed by atoms with Gasteiger partial charge >= 0.3 is 0 Å². The van der Waals surface area contributed by atoms with Crippen LogP contribution in [0.15, 0.2) is 35.6 Å². The number of nitrogens with one attached hydrogen (secondary N) is 2. The van der Waals surface area contributed by atoms with Gasteiger partial charge in [-0.05, 0) is 43.0 Å². The number of aryl methyl sites for hydroxylation is 3. The Hall–Kier alpha value is -1.64. The zero-order valence-electron chi connectivity index (χ0n) is 14.3. The Morgan fingerprint density at radius 3 is 2.71 bits per heavy atom. The lowest BCUT2D eigenvalue weighted by atomic mass is 10.1. The second-order valence-electron chi connectivity index (χ2n) is 5.57. The van der Waals surface area contributed by atoms with E-state index in [4.69, 9.17) is 0 Å². The number of aliphatic imine (C=N–C) groups is 1. The molecule has 0 fully saturated rings. The SMILES string of the molecule is CN=C(NCCCn1cc(C)cn1)NCc1ccc(C)c(F)c1.I. The third kappa shape index (κ3) is 6.46. The summed E-state index contributed by atoms with van der Waals surface area (Å²) in [6.07, 6.45) is 4.83. The first kappa shape index (κ1) is 20.4. The maximum absolute atomic E-state index is 13.5. The van der Waals surface area contributed by atoms with E-state index in [1.165, 1.54) is 5.56 Å². The van der Waals surface area contributed by atoms with Crippen molar-refractivity contribution >= 4 is 29.9 Å². The Morgan fingerprint density at radius 2 is 2.08 bits per heavy atom. The van der Waals surface area contributed by atoms with Gasteiger partial charge in [0.05, 0.1) is 6.20 Å². The Labute approximate surface area is 159 Å². The molecule has 1 heterocycles. The normalized spacial score (nSPS) is 11.1. The molecule has 0 aliphatic rings. The van der Waals surface area contributed by atoms with Gasteiger partial charge in [0.25, 0.3) is 0 Å². The number of benzene rings is 1. The van der Waals surface area contributed by atoms with Crippen LogP contribution in [0.4, 0.5) is 4.39 Å². The van der Waals surface area contributed by atoms with E-state index in [9.17, 15) is 4.39 Å². The number of guanidine groups is 1. The van der Waals surface area contributed by atoms with Crippen LogP contribution in [0.1, 0.15) is 23.1 Å². The molecule has 5 nitrogen and oxygen atoms in total. The van der Waals surface area contributed by atoms with Gasteiger partial charge in [0.2, 0.25) is 0 Å². The minimum absolute atomic E-state index is 0. The highest BCUT2D eigenvalue weighted by molar-refractivity contribution is 14.0. The van der Waals surface area contributed by atoms with Gasteiger partial charge in [-0.3, -0.25) is 9.67 Å². The summed E-state index contributed by atoms with van der Waals surface area (Å²) in [5, 5.41) is 10.7. The molecular weight excluding hydrogens is 420 g/mol. The summed E-state index contributed by atoms with van der Waals surface area (Å²) >= 11 is 0. The van der Waals surface area contributed by atoms with E-state index in [2.05, 4.69) is 20.7 Å². The fourth-order valence-corrected chi connectivity index (χ4v) is 2.19. The van der Waals surface area contributed by atoms with E-state index >= 15 is 0 Å². The first-order valence-corrected chi connectivity index (χ1v) is 7.77. The van der Waals surface area contributed by atoms with Crippen LogP contribution in [-0.2, 0) is 13.1 Å². The van der Waals surface area contributed by atoms with E-state index in [1.54, 1.807) is 26.1 Å². The van der Waals surface area contributed by atoms with E-state index < -0.39 is 0 Å². The van der Waals surface area contributed by atoms with Crippen molar-refractivity contribution in [3.63, 3.8) is 0 Å². The molecule has 2 aromatic rings. The topological polar surface area (TPSA) is 54.2 Å². The zero-order chi connectivity index (χ0) is 16.7. The van der Waals surface area contributed by atoms with E-state index in [0.717, 1.165) is 25.1 Å². The molecule has 0 aliphatic heterocycles. The summed E-state index contributed by atoms with van der Waals surface area (Å²) in [5.41, 5.74) is 2.72. The summed E-state index contributed by atoms with van der Waals surface area (Å²) in [6.45, 7) is 5.98. The predicted octanol–water partition coefficient (Wildman–Crippen LogP) is 3.01. The number of halogens is 2. The average Bonchev–Trinajstić information content (AvgIpc) is 2.95. The molecule has 132 valence electrons. The molecule has 2 rings (SSSR count). The lowest BCUT2D eigenvalue weighted by Gasteiger charge is -2.12. The highest BCUT2D eigenvalue weighted by Crippen LogP contribution is 2.08. The van der Waals surface area contributed by atoms with Crippen LogP contribution in [0.5, 0.6) is 0 Å². The monoisotopic (exact) mass is 445 g/mol. The van der Waals surface area contributed by atoms with Crippen molar-refractivity contribution in [2.24, 2.45) is 4.99 Å². The number of nitrogens with zero attached hydrogens (tertiary/aromatic N) is 3. The number of hydrogen-bond donors (Lipinski definition) is 2. The molecule has 0 aliphatic carbocycles. The minimum atomic E-state index is -0.179. The van der Waals surface area contributed by atoms with E-state index in [-0.39, 0.29) is 29.8 Å².